The van der Waals surface area contributed by atoms with Gasteiger partial charge in [-0.3, -0.25) is 4.79 Å². The highest BCUT2D eigenvalue weighted by molar-refractivity contribution is 5.75. The van der Waals surface area contributed by atoms with Crippen LogP contribution >= 0.6 is 0 Å². The summed E-state index contributed by atoms with van der Waals surface area (Å²) < 4.78 is 0. The van der Waals surface area contributed by atoms with E-state index in [0.717, 1.165) is 25.8 Å². The number of aliphatic hydroxyl groups is 1. The molecule has 0 unspecified atom stereocenters. The van der Waals surface area contributed by atoms with Gasteiger partial charge in [0.25, 0.3) is 0 Å². The van der Waals surface area contributed by atoms with E-state index in [0.29, 0.717) is 19.6 Å². The molecule has 4 heteroatoms. The standard InChI is InChI=1S/C18H38N2O2/c19-15-13-16-20-18(22)14-11-9-7-5-3-1-2-4-6-8-10-12-17-21/h21H,1-17,19H2,(H,20,22). The normalized spacial score (nSPS) is 10.8. The lowest BCUT2D eigenvalue weighted by Crippen LogP contribution is -2.25. The Morgan fingerprint density at radius 2 is 1.18 bits per heavy atom. The van der Waals surface area contributed by atoms with Gasteiger partial charge in [0.2, 0.25) is 5.91 Å². The molecule has 4 nitrogen and oxygen atoms in total. The Labute approximate surface area is 137 Å². The Morgan fingerprint density at radius 1 is 0.727 bits per heavy atom. The Bertz CT molecular complexity index is 235. The van der Waals surface area contributed by atoms with Crippen LogP contribution in [0.25, 0.3) is 0 Å². The lowest BCUT2D eigenvalue weighted by molar-refractivity contribution is -0.121. The lowest BCUT2D eigenvalue weighted by atomic mass is 10.0. The molecule has 0 radical (unpaired) electrons. The first-order chi connectivity index (χ1) is 10.8. The summed E-state index contributed by atoms with van der Waals surface area (Å²) in [5, 5.41) is 11.6. The molecule has 22 heavy (non-hydrogen) atoms. The number of unbranched alkanes of at least 4 members (excludes halogenated alkanes) is 11. The van der Waals surface area contributed by atoms with Crippen molar-refractivity contribution < 1.29 is 9.90 Å². The van der Waals surface area contributed by atoms with Gasteiger partial charge >= 0.3 is 0 Å². The summed E-state index contributed by atoms with van der Waals surface area (Å²) in [6.07, 6.45) is 16.4. The van der Waals surface area contributed by atoms with Gasteiger partial charge in [0, 0.05) is 19.6 Å². The van der Waals surface area contributed by atoms with Crippen LogP contribution in [0, 0.1) is 0 Å². The van der Waals surface area contributed by atoms with Crippen LogP contribution in [0.1, 0.15) is 89.9 Å². The van der Waals surface area contributed by atoms with Crippen molar-refractivity contribution in [2.45, 2.75) is 89.9 Å². The van der Waals surface area contributed by atoms with E-state index in [2.05, 4.69) is 5.32 Å². The maximum absolute atomic E-state index is 11.5. The molecule has 0 aliphatic rings. The second kappa shape index (κ2) is 18.4. The molecule has 0 saturated carbocycles. The van der Waals surface area contributed by atoms with Gasteiger partial charge in [0.15, 0.2) is 0 Å². The summed E-state index contributed by atoms with van der Waals surface area (Å²) in [6, 6.07) is 0. The van der Waals surface area contributed by atoms with E-state index in [1.54, 1.807) is 0 Å². The second-order valence-electron chi connectivity index (χ2n) is 6.21. The molecule has 0 aliphatic heterocycles. The van der Waals surface area contributed by atoms with Crippen LogP contribution in [0.3, 0.4) is 0 Å². The third-order valence-corrected chi connectivity index (χ3v) is 4.02. The van der Waals surface area contributed by atoms with Gasteiger partial charge in [-0.2, -0.15) is 0 Å². The van der Waals surface area contributed by atoms with Gasteiger partial charge in [-0.05, 0) is 25.8 Å². The zero-order valence-corrected chi connectivity index (χ0v) is 14.5. The fourth-order valence-electron chi connectivity index (χ4n) is 2.58. The monoisotopic (exact) mass is 314 g/mol. The van der Waals surface area contributed by atoms with Gasteiger partial charge in [-0.1, -0.05) is 64.2 Å². The van der Waals surface area contributed by atoms with Crippen molar-refractivity contribution >= 4 is 5.91 Å². The number of aliphatic hydroxyl groups excluding tert-OH is 1. The summed E-state index contributed by atoms with van der Waals surface area (Å²) in [7, 11) is 0. The molecule has 1 amide bonds. The molecule has 0 aliphatic carbocycles. The number of carbonyl (C=O) groups is 1. The Balaban J connectivity index is 3.06. The van der Waals surface area contributed by atoms with Gasteiger partial charge in [0.1, 0.15) is 0 Å². The number of amides is 1. The minimum Gasteiger partial charge on any atom is -0.396 e. The Morgan fingerprint density at radius 3 is 1.64 bits per heavy atom. The molecule has 0 aromatic rings. The van der Waals surface area contributed by atoms with Crippen molar-refractivity contribution in [3.05, 3.63) is 0 Å². The van der Waals surface area contributed by atoms with Gasteiger partial charge in [-0.15, -0.1) is 0 Å². The van der Waals surface area contributed by atoms with Crippen LogP contribution in [0.4, 0.5) is 0 Å². The fraction of sp³-hybridized carbons (Fsp3) is 0.944. The minimum absolute atomic E-state index is 0.176. The topological polar surface area (TPSA) is 75.3 Å². The smallest absolute Gasteiger partial charge is 0.219 e. The van der Waals surface area contributed by atoms with E-state index >= 15 is 0 Å². The molecule has 0 aromatic heterocycles. The Kier molecular flexibility index (Phi) is 17.9. The summed E-state index contributed by atoms with van der Waals surface area (Å²) in [6.45, 7) is 1.70. The largest absolute Gasteiger partial charge is 0.396 e. The van der Waals surface area contributed by atoms with Crippen LogP contribution < -0.4 is 11.1 Å². The number of carbonyl (C=O) groups excluding carboxylic acids is 1. The summed E-state index contributed by atoms with van der Waals surface area (Å²) >= 11 is 0. The fourth-order valence-corrected chi connectivity index (χ4v) is 2.58. The SMILES string of the molecule is NCCCNC(=O)CCCCCCCCCCCCCCO. The van der Waals surface area contributed by atoms with Crippen molar-refractivity contribution in [2.75, 3.05) is 19.7 Å². The molecule has 4 N–H and O–H groups in total. The first-order valence-electron chi connectivity index (χ1n) is 9.39. The highest BCUT2D eigenvalue weighted by Crippen LogP contribution is 2.12. The van der Waals surface area contributed by atoms with E-state index in [-0.39, 0.29) is 5.91 Å². The lowest BCUT2D eigenvalue weighted by Gasteiger charge is -2.04. The number of nitrogens with two attached hydrogens (primary N) is 1. The van der Waals surface area contributed by atoms with Gasteiger partial charge in [0.05, 0.1) is 0 Å². The van der Waals surface area contributed by atoms with Crippen molar-refractivity contribution in [1.29, 1.82) is 0 Å². The summed E-state index contributed by atoms with van der Waals surface area (Å²) in [4.78, 5) is 11.5. The number of rotatable bonds is 17. The molecular formula is C18H38N2O2. The van der Waals surface area contributed by atoms with Crippen LogP contribution in [0.15, 0.2) is 0 Å². The van der Waals surface area contributed by atoms with Crippen LogP contribution in [0.5, 0.6) is 0 Å². The second-order valence-corrected chi connectivity index (χ2v) is 6.21. The van der Waals surface area contributed by atoms with Gasteiger partial charge < -0.3 is 16.2 Å². The van der Waals surface area contributed by atoms with Crippen molar-refractivity contribution in [2.24, 2.45) is 5.73 Å². The summed E-state index contributed by atoms with van der Waals surface area (Å²) in [5.41, 5.74) is 5.38. The molecule has 0 saturated heterocycles. The maximum atomic E-state index is 11.5. The van der Waals surface area contributed by atoms with E-state index < -0.39 is 0 Å². The van der Waals surface area contributed by atoms with E-state index in [4.69, 9.17) is 10.8 Å². The first-order valence-corrected chi connectivity index (χ1v) is 9.39. The van der Waals surface area contributed by atoms with Crippen LogP contribution in [-0.2, 0) is 4.79 Å². The molecule has 0 bridgehead atoms. The molecule has 132 valence electrons. The average molecular weight is 315 g/mol. The third kappa shape index (κ3) is 17.4. The van der Waals surface area contributed by atoms with Crippen LogP contribution in [0.2, 0.25) is 0 Å². The Hall–Kier alpha value is -0.610. The predicted molar refractivity (Wildman–Crippen MR) is 93.8 cm³/mol. The van der Waals surface area contributed by atoms with E-state index in [1.165, 1.54) is 64.2 Å². The highest BCUT2D eigenvalue weighted by Gasteiger charge is 2.00. The quantitative estimate of drug-likeness (QED) is 0.360. The predicted octanol–water partition coefficient (Wildman–Crippen LogP) is 3.52. The molecule has 0 rings (SSSR count). The molecule has 0 aromatic carbocycles. The highest BCUT2D eigenvalue weighted by atomic mass is 16.2. The summed E-state index contributed by atoms with van der Waals surface area (Å²) in [5.74, 6) is 0.176. The molecule has 0 heterocycles. The van der Waals surface area contributed by atoms with E-state index in [1.807, 2.05) is 0 Å². The first kappa shape index (κ1) is 21.4. The van der Waals surface area contributed by atoms with Crippen LogP contribution in [-0.4, -0.2) is 30.7 Å². The molecule has 0 fully saturated rings. The van der Waals surface area contributed by atoms with E-state index in [9.17, 15) is 4.79 Å². The average Bonchev–Trinajstić information content (AvgIpc) is 2.52. The zero-order valence-electron chi connectivity index (χ0n) is 14.5. The number of hydrogen-bond acceptors (Lipinski definition) is 3. The van der Waals surface area contributed by atoms with Crippen molar-refractivity contribution in [3.63, 3.8) is 0 Å². The third-order valence-electron chi connectivity index (χ3n) is 4.02. The van der Waals surface area contributed by atoms with Crippen molar-refractivity contribution in [3.8, 4) is 0 Å². The zero-order chi connectivity index (χ0) is 16.3. The molecular weight excluding hydrogens is 276 g/mol. The van der Waals surface area contributed by atoms with Gasteiger partial charge in [-0.25, -0.2) is 0 Å². The maximum Gasteiger partial charge on any atom is 0.219 e. The number of nitrogens with one attached hydrogen (secondary N) is 1. The number of hydrogen-bond donors (Lipinski definition) is 3. The minimum atomic E-state index is 0.176. The van der Waals surface area contributed by atoms with Crippen molar-refractivity contribution in [1.82, 2.24) is 5.32 Å². The molecule has 0 atom stereocenters. The molecule has 0 spiro atoms.